The molecule has 0 saturated heterocycles. The van der Waals surface area contributed by atoms with Crippen molar-refractivity contribution in [2.75, 3.05) is 10.6 Å². The number of hydrogen-bond acceptors (Lipinski definition) is 4. The third-order valence-electron chi connectivity index (χ3n) is 4.28. The minimum Gasteiger partial charge on any atom is -0.326 e. The van der Waals surface area contributed by atoms with Crippen LogP contribution in [0.2, 0.25) is 0 Å². The summed E-state index contributed by atoms with van der Waals surface area (Å²) in [5, 5.41) is 5.28. The van der Waals surface area contributed by atoms with Gasteiger partial charge in [-0.1, -0.05) is 6.07 Å². The highest BCUT2D eigenvalue weighted by atomic mass is 19.1. The summed E-state index contributed by atoms with van der Waals surface area (Å²) < 4.78 is 14.3. The Morgan fingerprint density at radius 2 is 1.81 bits per heavy atom. The van der Waals surface area contributed by atoms with Crippen molar-refractivity contribution in [3.8, 4) is 0 Å². The molecule has 0 bridgehead atoms. The number of hydrazine groups is 1. The zero-order valence-electron chi connectivity index (χ0n) is 14.6. The van der Waals surface area contributed by atoms with E-state index in [1.807, 2.05) is 5.43 Å². The summed E-state index contributed by atoms with van der Waals surface area (Å²) in [5.41, 5.74) is 3.27. The molecule has 0 spiro atoms. The number of halogens is 1. The van der Waals surface area contributed by atoms with Gasteiger partial charge in [-0.15, -0.1) is 0 Å². The lowest BCUT2D eigenvalue weighted by Crippen LogP contribution is -2.30. The highest BCUT2D eigenvalue weighted by Crippen LogP contribution is 2.31. The van der Waals surface area contributed by atoms with Crippen LogP contribution >= 0.6 is 0 Å². The molecule has 0 radical (unpaired) electrons. The quantitative estimate of drug-likeness (QED) is 0.367. The Kier molecular flexibility index (Phi) is 5.18. The van der Waals surface area contributed by atoms with E-state index in [4.69, 9.17) is 5.84 Å². The Morgan fingerprint density at radius 1 is 1.07 bits per heavy atom. The van der Waals surface area contributed by atoms with Gasteiger partial charge in [0, 0.05) is 22.9 Å². The second-order valence-corrected chi connectivity index (χ2v) is 6.42. The van der Waals surface area contributed by atoms with E-state index < -0.39 is 17.6 Å². The molecule has 8 heteroatoms. The number of amides is 3. The van der Waals surface area contributed by atoms with Crippen LogP contribution in [-0.4, -0.2) is 17.7 Å². The number of rotatable bonds is 5. The molecule has 1 saturated carbocycles. The van der Waals surface area contributed by atoms with Crippen molar-refractivity contribution in [3.63, 3.8) is 0 Å². The summed E-state index contributed by atoms with van der Waals surface area (Å²) in [6.45, 7) is 1.65. The van der Waals surface area contributed by atoms with Gasteiger partial charge in [0.1, 0.15) is 5.82 Å². The Morgan fingerprint density at radius 3 is 2.48 bits per heavy atom. The molecule has 0 aromatic heterocycles. The Balaban J connectivity index is 1.81. The molecule has 3 rings (SSSR count). The lowest BCUT2D eigenvalue weighted by atomic mass is 10.1. The molecule has 5 N–H and O–H groups in total. The number of nitrogens with two attached hydrogens (primary N) is 1. The van der Waals surface area contributed by atoms with Crippen molar-refractivity contribution in [1.82, 2.24) is 5.43 Å². The summed E-state index contributed by atoms with van der Waals surface area (Å²) in [4.78, 5) is 36.0. The van der Waals surface area contributed by atoms with Gasteiger partial charge in [0.05, 0.1) is 5.56 Å². The number of nitrogens with one attached hydrogen (secondary N) is 3. The predicted octanol–water partition coefficient (Wildman–Crippen LogP) is 2.34. The molecular weight excluding hydrogens is 351 g/mol. The first kappa shape index (κ1) is 18.5. The van der Waals surface area contributed by atoms with Gasteiger partial charge in [-0.25, -0.2) is 10.2 Å². The Bertz CT molecular complexity index is 925. The predicted molar refractivity (Wildman–Crippen MR) is 98.5 cm³/mol. The van der Waals surface area contributed by atoms with Crippen LogP contribution in [0.1, 0.15) is 39.1 Å². The number of carbonyl (C=O) groups excluding carboxylic acids is 3. The summed E-state index contributed by atoms with van der Waals surface area (Å²) >= 11 is 0. The first-order valence-electron chi connectivity index (χ1n) is 8.42. The fourth-order valence-electron chi connectivity index (χ4n) is 2.58. The molecule has 27 heavy (non-hydrogen) atoms. The molecule has 3 amide bonds. The highest BCUT2D eigenvalue weighted by Gasteiger charge is 2.30. The Hall–Kier alpha value is -3.26. The first-order chi connectivity index (χ1) is 12.9. The van der Waals surface area contributed by atoms with Crippen LogP contribution in [-0.2, 0) is 4.79 Å². The van der Waals surface area contributed by atoms with Gasteiger partial charge in [-0.05, 0) is 55.7 Å². The zero-order chi connectivity index (χ0) is 19.6. The standard InChI is InChI=1S/C19H19FN4O3/c1-10-7-15(20)14(9-16(10)23-17(25)11-5-6-11)19(27)22-13-4-2-3-12(8-13)18(26)24-21/h2-4,7-9,11H,5-6,21H2,1H3,(H,22,27)(H,23,25)(H,24,26). The lowest BCUT2D eigenvalue weighted by molar-refractivity contribution is -0.117. The largest absolute Gasteiger partial charge is 0.326 e. The molecule has 0 unspecified atom stereocenters. The highest BCUT2D eigenvalue weighted by molar-refractivity contribution is 6.06. The van der Waals surface area contributed by atoms with E-state index >= 15 is 0 Å². The van der Waals surface area contributed by atoms with Crippen molar-refractivity contribution in [3.05, 3.63) is 58.9 Å². The van der Waals surface area contributed by atoms with Crippen molar-refractivity contribution in [2.45, 2.75) is 19.8 Å². The van der Waals surface area contributed by atoms with Crippen LogP contribution in [0.15, 0.2) is 36.4 Å². The maximum Gasteiger partial charge on any atom is 0.265 e. The van der Waals surface area contributed by atoms with E-state index in [9.17, 15) is 18.8 Å². The number of nitrogen functional groups attached to an aromatic ring is 1. The van der Waals surface area contributed by atoms with Gasteiger partial charge >= 0.3 is 0 Å². The number of benzene rings is 2. The second kappa shape index (κ2) is 7.55. The molecular formula is C19H19FN4O3. The fraction of sp³-hybridized carbons (Fsp3) is 0.211. The maximum atomic E-state index is 14.3. The van der Waals surface area contributed by atoms with Crippen LogP contribution in [0.5, 0.6) is 0 Å². The van der Waals surface area contributed by atoms with Crippen molar-refractivity contribution in [2.24, 2.45) is 11.8 Å². The molecule has 140 valence electrons. The number of carbonyl (C=O) groups is 3. The van der Waals surface area contributed by atoms with Gasteiger partial charge < -0.3 is 10.6 Å². The van der Waals surface area contributed by atoms with Crippen LogP contribution in [0.4, 0.5) is 15.8 Å². The second-order valence-electron chi connectivity index (χ2n) is 6.42. The lowest BCUT2D eigenvalue weighted by Gasteiger charge is -2.12. The third-order valence-corrected chi connectivity index (χ3v) is 4.28. The first-order valence-corrected chi connectivity index (χ1v) is 8.42. The molecule has 1 aliphatic rings. The van der Waals surface area contributed by atoms with Gasteiger partial charge in [-0.2, -0.15) is 0 Å². The average Bonchev–Trinajstić information content (AvgIpc) is 3.48. The molecule has 2 aromatic rings. The molecule has 1 fully saturated rings. The van der Waals surface area contributed by atoms with E-state index in [-0.39, 0.29) is 23.0 Å². The monoisotopic (exact) mass is 370 g/mol. The van der Waals surface area contributed by atoms with Crippen LogP contribution in [0, 0.1) is 18.7 Å². The van der Waals surface area contributed by atoms with Crippen LogP contribution in [0.25, 0.3) is 0 Å². The average molecular weight is 370 g/mol. The molecule has 0 atom stereocenters. The Labute approximate surface area is 155 Å². The zero-order valence-corrected chi connectivity index (χ0v) is 14.6. The van der Waals surface area contributed by atoms with Crippen LogP contribution < -0.4 is 21.9 Å². The van der Waals surface area contributed by atoms with Gasteiger partial charge in [0.25, 0.3) is 11.8 Å². The van der Waals surface area contributed by atoms with Crippen molar-refractivity contribution in [1.29, 1.82) is 0 Å². The normalized spacial score (nSPS) is 13.0. The van der Waals surface area contributed by atoms with Crippen LogP contribution in [0.3, 0.4) is 0 Å². The van der Waals surface area contributed by atoms with Gasteiger partial charge in [0.2, 0.25) is 5.91 Å². The van der Waals surface area contributed by atoms with Gasteiger partial charge in [-0.3, -0.25) is 19.8 Å². The molecule has 2 aromatic carbocycles. The smallest absolute Gasteiger partial charge is 0.265 e. The molecule has 1 aliphatic carbocycles. The minimum absolute atomic E-state index is 0.0110. The number of aryl methyl sites for hydroxylation is 1. The van der Waals surface area contributed by atoms with E-state index in [0.29, 0.717) is 16.9 Å². The molecule has 0 heterocycles. The fourth-order valence-corrected chi connectivity index (χ4v) is 2.58. The topological polar surface area (TPSA) is 113 Å². The molecule has 7 nitrogen and oxygen atoms in total. The summed E-state index contributed by atoms with van der Waals surface area (Å²) in [6, 6.07) is 8.59. The SMILES string of the molecule is Cc1cc(F)c(C(=O)Nc2cccc(C(=O)NN)c2)cc1NC(=O)C1CC1. The van der Waals surface area contributed by atoms with Crippen molar-refractivity contribution < 1.29 is 18.8 Å². The van der Waals surface area contributed by atoms with E-state index in [0.717, 1.165) is 12.8 Å². The van der Waals surface area contributed by atoms with Gasteiger partial charge in [0.15, 0.2) is 0 Å². The van der Waals surface area contributed by atoms with E-state index in [1.54, 1.807) is 19.1 Å². The minimum atomic E-state index is -0.703. The third kappa shape index (κ3) is 4.29. The van der Waals surface area contributed by atoms with E-state index in [1.165, 1.54) is 24.3 Å². The molecule has 0 aliphatic heterocycles. The van der Waals surface area contributed by atoms with E-state index in [2.05, 4.69) is 10.6 Å². The summed E-state index contributed by atoms with van der Waals surface area (Å²) in [7, 11) is 0. The summed E-state index contributed by atoms with van der Waals surface area (Å²) in [5.74, 6) is 3.04. The summed E-state index contributed by atoms with van der Waals surface area (Å²) in [6.07, 6.45) is 1.68. The number of anilines is 2. The maximum absolute atomic E-state index is 14.3. The number of hydrogen-bond donors (Lipinski definition) is 4. The van der Waals surface area contributed by atoms with Crippen molar-refractivity contribution >= 4 is 29.1 Å².